The van der Waals surface area contributed by atoms with Crippen LogP contribution in [0.5, 0.6) is 0 Å². The molecule has 3 aromatic rings. The fraction of sp³-hybridized carbons (Fsp3) is 0.105. The van der Waals surface area contributed by atoms with Crippen LogP contribution < -0.4 is 5.32 Å². The van der Waals surface area contributed by atoms with E-state index in [2.05, 4.69) is 5.32 Å². The second-order valence-electron chi connectivity index (χ2n) is 5.61. The molecule has 0 heterocycles. The lowest BCUT2D eigenvalue weighted by atomic mass is 10.0. The Hall–Kier alpha value is -2.92. The van der Waals surface area contributed by atoms with E-state index in [1.807, 2.05) is 42.5 Å². The predicted molar refractivity (Wildman–Crippen MR) is 99.0 cm³/mol. The first-order valence-corrected chi connectivity index (χ1v) is 8.13. The van der Waals surface area contributed by atoms with Gasteiger partial charge in [0.2, 0.25) is 5.91 Å². The first kappa shape index (κ1) is 16.9. The number of rotatable bonds is 5. The molecule has 0 aliphatic heterocycles. The summed E-state index contributed by atoms with van der Waals surface area (Å²) in [5.41, 5.74) is 1.21. The highest BCUT2D eigenvalue weighted by atomic mass is 35.5. The molecule has 0 spiro atoms. The van der Waals surface area contributed by atoms with E-state index < -0.39 is 4.92 Å². The van der Waals surface area contributed by atoms with Crippen LogP contribution in [-0.4, -0.2) is 10.8 Å². The van der Waals surface area contributed by atoms with Gasteiger partial charge in [0, 0.05) is 18.6 Å². The smallest absolute Gasteiger partial charge is 0.271 e. The number of nitrogens with zero attached hydrogens (tertiary/aromatic N) is 1. The molecule has 6 heteroatoms. The molecule has 3 rings (SSSR count). The minimum atomic E-state index is -0.526. The minimum Gasteiger partial charge on any atom is -0.325 e. The normalized spacial score (nSPS) is 10.6. The molecule has 0 unspecified atom stereocenters. The van der Waals surface area contributed by atoms with Crippen molar-refractivity contribution in [2.24, 2.45) is 0 Å². The summed E-state index contributed by atoms with van der Waals surface area (Å²) < 4.78 is 0. The zero-order valence-electron chi connectivity index (χ0n) is 13.2. The van der Waals surface area contributed by atoms with Crippen LogP contribution in [0.25, 0.3) is 10.8 Å². The Labute approximate surface area is 149 Å². The van der Waals surface area contributed by atoms with E-state index in [0.29, 0.717) is 6.42 Å². The maximum atomic E-state index is 12.2. The van der Waals surface area contributed by atoms with E-state index >= 15 is 0 Å². The fourth-order valence-electron chi connectivity index (χ4n) is 2.69. The number of nitro groups is 1. The maximum Gasteiger partial charge on any atom is 0.271 e. The highest BCUT2D eigenvalue weighted by molar-refractivity contribution is 6.33. The summed E-state index contributed by atoms with van der Waals surface area (Å²) in [5, 5.41) is 16.0. The lowest BCUT2D eigenvalue weighted by Gasteiger charge is -2.09. The second-order valence-corrected chi connectivity index (χ2v) is 6.01. The van der Waals surface area contributed by atoms with E-state index in [9.17, 15) is 14.9 Å². The van der Waals surface area contributed by atoms with Gasteiger partial charge in [-0.1, -0.05) is 54.1 Å². The molecule has 25 heavy (non-hydrogen) atoms. The molecule has 5 nitrogen and oxygen atoms in total. The fourth-order valence-corrected chi connectivity index (χ4v) is 2.86. The molecule has 1 N–H and O–H groups in total. The Kier molecular flexibility index (Phi) is 4.95. The molecule has 0 fully saturated rings. The average molecular weight is 355 g/mol. The number of amides is 1. The van der Waals surface area contributed by atoms with Gasteiger partial charge in [-0.3, -0.25) is 14.9 Å². The molecule has 1 amide bonds. The third kappa shape index (κ3) is 3.95. The first-order chi connectivity index (χ1) is 12.0. The summed E-state index contributed by atoms with van der Waals surface area (Å²) in [6.07, 6.45) is 0.826. The molecule has 3 aromatic carbocycles. The zero-order valence-corrected chi connectivity index (χ0v) is 14.0. The standard InChI is InChI=1S/C19H15ClN2O3/c20-17-10-9-15(22(24)25)12-18(17)21-19(23)11-8-14-6-3-5-13-4-1-2-7-16(13)14/h1-7,9-10,12H,8,11H2,(H,21,23). The third-order valence-electron chi connectivity index (χ3n) is 3.94. The van der Waals surface area contributed by atoms with Crippen molar-refractivity contribution in [3.8, 4) is 0 Å². The van der Waals surface area contributed by atoms with Crippen LogP contribution >= 0.6 is 11.6 Å². The molecule has 0 saturated heterocycles. The molecule has 126 valence electrons. The number of fused-ring (bicyclic) bond motifs is 1. The van der Waals surface area contributed by atoms with E-state index in [0.717, 1.165) is 16.3 Å². The summed E-state index contributed by atoms with van der Waals surface area (Å²) in [4.78, 5) is 22.5. The number of hydrogen-bond acceptors (Lipinski definition) is 3. The number of carbonyl (C=O) groups is 1. The Bertz CT molecular complexity index is 951. The van der Waals surface area contributed by atoms with Crippen molar-refractivity contribution in [2.75, 3.05) is 5.32 Å². The minimum absolute atomic E-state index is 0.117. The predicted octanol–water partition coefficient (Wildman–Crippen LogP) is 4.97. The molecule has 0 bridgehead atoms. The Balaban J connectivity index is 1.71. The van der Waals surface area contributed by atoms with E-state index in [1.54, 1.807) is 0 Å². The van der Waals surface area contributed by atoms with Crippen molar-refractivity contribution in [3.63, 3.8) is 0 Å². The number of aryl methyl sites for hydroxylation is 1. The van der Waals surface area contributed by atoms with Crippen LogP contribution in [0, 0.1) is 10.1 Å². The van der Waals surface area contributed by atoms with Gasteiger partial charge < -0.3 is 5.32 Å². The van der Waals surface area contributed by atoms with Crippen molar-refractivity contribution < 1.29 is 9.72 Å². The number of anilines is 1. The third-order valence-corrected chi connectivity index (χ3v) is 4.27. The van der Waals surface area contributed by atoms with Crippen LogP contribution in [0.2, 0.25) is 5.02 Å². The van der Waals surface area contributed by atoms with Crippen LogP contribution in [-0.2, 0) is 11.2 Å². The zero-order chi connectivity index (χ0) is 17.8. The van der Waals surface area contributed by atoms with Gasteiger partial charge in [0.05, 0.1) is 15.6 Å². The van der Waals surface area contributed by atoms with Gasteiger partial charge in [-0.15, -0.1) is 0 Å². The lowest BCUT2D eigenvalue weighted by molar-refractivity contribution is -0.384. The average Bonchev–Trinajstić information content (AvgIpc) is 2.61. The topological polar surface area (TPSA) is 72.2 Å². The number of nitro benzene ring substituents is 1. The largest absolute Gasteiger partial charge is 0.325 e. The number of halogens is 1. The van der Waals surface area contributed by atoms with Crippen LogP contribution in [0.1, 0.15) is 12.0 Å². The molecule has 0 radical (unpaired) electrons. The molecular formula is C19H15ClN2O3. The number of hydrogen-bond donors (Lipinski definition) is 1. The van der Waals surface area contributed by atoms with Crippen LogP contribution in [0.15, 0.2) is 60.7 Å². The van der Waals surface area contributed by atoms with Crippen LogP contribution in [0.3, 0.4) is 0 Å². The Morgan fingerprint density at radius 2 is 1.84 bits per heavy atom. The molecule has 0 saturated carbocycles. The van der Waals surface area contributed by atoms with Gasteiger partial charge in [0.1, 0.15) is 0 Å². The monoisotopic (exact) mass is 354 g/mol. The van der Waals surface area contributed by atoms with Gasteiger partial charge in [-0.25, -0.2) is 0 Å². The van der Waals surface area contributed by atoms with Gasteiger partial charge in [0.25, 0.3) is 5.69 Å². The number of carbonyl (C=O) groups excluding carboxylic acids is 1. The van der Waals surface area contributed by atoms with Crippen molar-refractivity contribution in [3.05, 3.63) is 81.4 Å². The van der Waals surface area contributed by atoms with Crippen LogP contribution in [0.4, 0.5) is 11.4 Å². The lowest BCUT2D eigenvalue weighted by Crippen LogP contribution is -2.13. The highest BCUT2D eigenvalue weighted by Crippen LogP contribution is 2.27. The summed E-state index contributed by atoms with van der Waals surface area (Å²) in [5.74, 6) is -0.240. The quantitative estimate of drug-likeness (QED) is 0.519. The molecule has 0 aliphatic rings. The number of nitrogens with one attached hydrogen (secondary N) is 1. The molecule has 0 aliphatic carbocycles. The Morgan fingerprint density at radius 3 is 2.64 bits per heavy atom. The first-order valence-electron chi connectivity index (χ1n) is 7.75. The molecule has 0 atom stereocenters. The summed E-state index contributed by atoms with van der Waals surface area (Å²) >= 11 is 6.00. The van der Waals surface area contributed by atoms with Gasteiger partial charge in [-0.2, -0.15) is 0 Å². The van der Waals surface area contributed by atoms with E-state index in [4.69, 9.17) is 11.6 Å². The number of benzene rings is 3. The van der Waals surface area contributed by atoms with Crippen molar-refractivity contribution >= 4 is 39.7 Å². The summed E-state index contributed by atoms with van der Waals surface area (Å²) in [7, 11) is 0. The van der Waals surface area contributed by atoms with Crippen molar-refractivity contribution in [1.29, 1.82) is 0 Å². The van der Waals surface area contributed by atoms with Gasteiger partial charge in [-0.05, 0) is 28.8 Å². The molecular weight excluding hydrogens is 340 g/mol. The van der Waals surface area contributed by atoms with E-state index in [1.165, 1.54) is 18.2 Å². The van der Waals surface area contributed by atoms with Crippen molar-refractivity contribution in [2.45, 2.75) is 12.8 Å². The van der Waals surface area contributed by atoms with Gasteiger partial charge >= 0.3 is 0 Å². The number of non-ortho nitro benzene ring substituents is 1. The SMILES string of the molecule is O=C(CCc1cccc2ccccc12)Nc1cc([N+](=O)[O-])ccc1Cl. The summed E-state index contributed by atoms with van der Waals surface area (Å²) in [6, 6.07) is 18.0. The van der Waals surface area contributed by atoms with E-state index in [-0.39, 0.29) is 28.7 Å². The molecule has 0 aromatic heterocycles. The highest BCUT2D eigenvalue weighted by Gasteiger charge is 2.12. The Morgan fingerprint density at radius 1 is 1.08 bits per heavy atom. The maximum absolute atomic E-state index is 12.2. The van der Waals surface area contributed by atoms with Gasteiger partial charge in [0.15, 0.2) is 0 Å². The van der Waals surface area contributed by atoms with Crippen molar-refractivity contribution in [1.82, 2.24) is 0 Å². The summed E-state index contributed by atoms with van der Waals surface area (Å²) in [6.45, 7) is 0. The second kappa shape index (κ2) is 7.32.